The molecule has 0 spiro atoms. The molecule has 1 aliphatic rings. The zero-order chi connectivity index (χ0) is 14.4. The van der Waals surface area contributed by atoms with Crippen molar-refractivity contribution < 1.29 is 9.90 Å². The summed E-state index contributed by atoms with van der Waals surface area (Å²) in [6.07, 6.45) is 2.32. The van der Waals surface area contributed by atoms with Gasteiger partial charge in [-0.05, 0) is 17.5 Å². The number of aliphatic hydroxyl groups is 1. The van der Waals surface area contributed by atoms with E-state index in [-0.39, 0.29) is 12.5 Å². The molecular formula is C16H24N2O2. The number of rotatable bonds is 5. The van der Waals surface area contributed by atoms with E-state index in [2.05, 4.69) is 36.1 Å². The lowest BCUT2D eigenvalue weighted by Crippen LogP contribution is -2.49. The fraction of sp³-hybridized carbons (Fsp3) is 0.562. The van der Waals surface area contributed by atoms with Crippen LogP contribution in [0.5, 0.6) is 0 Å². The molecule has 0 unspecified atom stereocenters. The Morgan fingerprint density at radius 3 is 2.25 bits per heavy atom. The SMILES string of the molecule is CCCc1ccc(CN2CCN(C(=O)CO)CC2)cc1. The number of hydrogen-bond acceptors (Lipinski definition) is 3. The maximum Gasteiger partial charge on any atom is 0.248 e. The normalized spacial score (nSPS) is 16.4. The van der Waals surface area contributed by atoms with E-state index in [1.165, 1.54) is 17.5 Å². The zero-order valence-electron chi connectivity index (χ0n) is 12.2. The van der Waals surface area contributed by atoms with Gasteiger partial charge in [-0.2, -0.15) is 0 Å². The number of amides is 1. The van der Waals surface area contributed by atoms with Gasteiger partial charge in [-0.1, -0.05) is 37.6 Å². The summed E-state index contributed by atoms with van der Waals surface area (Å²) in [6, 6.07) is 8.83. The molecule has 0 saturated carbocycles. The van der Waals surface area contributed by atoms with Gasteiger partial charge in [-0.25, -0.2) is 0 Å². The van der Waals surface area contributed by atoms with Gasteiger partial charge in [0, 0.05) is 32.7 Å². The standard InChI is InChI=1S/C16H24N2O2/c1-2-3-14-4-6-15(7-5-14)12-17-8-10-18(11-9-17)16(20)13-19/h4-7,19H,2-3,8-13H2,1H3. The Hall–Kier alpha value is -1.39. The van der Waals surface area contributed by atoms with Crippen molar-refractivity contribution in [2.45, 2.75) is 26.3 Å². The molecule has 20 heavy (non-hydrogen) atoms. The number of carbonyl (C=O) groups excluding carboxylic acids is 1. The molecular weight excluding hydrogens is 252 g/mol. The van der Waals surface area contributed by atoms with Gasteiger partial charge >= 0.3 is 0 Å². The monoisotopic (exact) mass is 276 g/mol. The topological polar surface area (TPSA) is 43.8 Å². The Bertz CT molecular complexity index is 423. The molecule has 1 fully saturated rings. The Morgan fingerprint density at radius 2 is 1.70 bits per heavy atom. The summed E-state index contributed by atoms with van der Waals surface area (Å²) in [5.41, 5.74) is 2.72. The lowest BCUT2D eigenvalue weighted by molar-refractivity contribution is -0.135. The van der Waals surface area contributed by atoms with Crippen LogP contribution in [0.1, 0.15) is 24.5 Å². The molecule has 0 bridgehead atoms. The van der Waals surface area contributed by atoms with E-state index in [0.29, 0.717) is 13.1 Å². The van der Waals surface area contributed by atoms with E-state index in [1.54, 1.807) is 4.90 Å². The molecule has 2 rings (SSSR count). The van der Waals surface area contributed by atoms with E-state index in [9.17, 15) is 4.79 Å². The average molecular weight is 276 g/mol. The number of carbonyl (C=O) groups is 1. The largest absolute Gasteiger partial charge is 0.387 e. The Kier molecular flexibility index (Phi) is 5.56. The van der Waals surface area contributed by atoms with Crippen LogP contribution in [0.2, 0.25) is 0 Å². The van der Waals surface area contributed by atoms with Crippen molar-refractivity contribution in [3.05, 3.63) is 35.4 Å². The number of aliphatic hydroxyl groups excluding tert-OH is 1. The van der Waals surface area contributed by atoms with Crippen molar-refractivity contribution in [1.29, 1.82) is 0 Å². The third kappa shape index (κ3) is 4.05. The fourth-order valence-electron chi connectivity index (χ4n) is 2.61. The van der Waals surface area contributed by atoms with Crippen LogP contribution in [0.15, 0.2) is 24.3 Å². The Labute approximate surface area is 121 Å². The van der Waals surface area contributed by atoms with Gasteiger partial charge in [0.05, 0.1) is 0 Å². The number of benzene rings is 1. The molecule has 0 aromatic heterocycles. The van der Waals surface area contributed by atoms with Gasteiger partial charge in [-0.15, -0.1) is 0 Å². The number of piperazine rings is 1. The summed E-state index contributed by atoms with van der Waals surface area (Å²) in [7, 11) is 0. The van der Waals surface area contributed by atoms with Crippen LogP contribution in [-0.2, 0) is 17.8 Å². The van der Waals surface area contributed by atoms with Crippen LogP contribution >= 0.6 is 0 Å². The Balaban J connectivity index is 1.81. The predicted molar refractivity (Wildman–Crippen MR) is 79.4 cm³/mol. The minimum Gasteiger partial charge on any atom is -0.387 e. The van der Waals surface area contributed by atoms with Crippen molar-refractivity contribution in [3.63, 3.8) is 0 Å². The van der Waals surface area contributed by atoms with Crippen molar-refractivity contribution in [1.82, 2.24) is 9.80 Å². The van der Waals surface area contributed by atoms with Gasteiger partial charge in [0.1, 0.15) is 6.61 Å². The third-order valence-electron chi connectivity index (χ3n) is 3.83. The van der Waals surface area contributed by atoms with E-state index in [0.717, 1.165) is 26.1 Å². The fourth-order valence-corrected chi connectivity index (χ4v) is 2.61. The van der Waals surface area contributed by atoms with Crippen molar-refractivity contribution in [3.8, 4) is 0 Å². The van der Waals surface area contributed by atoms with Gasteiger partial charge in [0.2, 0.25) is 5.91 Å². The summed E-state index contributed by atoms with van der Waals surface area (Å²) in [6.45, 7) is 5.94. The van der Waals surface area contributed by atoms with Gasteiger partial charge in [-0.3, -0.25) is 9.69 Å². The van der Waals surface area contributed by atoms with Gasteiger partial charge in [0.15, 0.2) is 0 Å². The number of hydrogen-bond donors (Lipinski definition) is 1. The quantitative estimate of drug-likeness (QED) is 0.881. The van der Waals surface area contributed by atoms with Crippen LogP contribution < -0.4 is 0 Å². The van der Waals surface area contributed by atoms with Gasteiger partial charge < -0.3 is 10.0 Å². The van der Waals surface area contributed by atoms with E-state index < -0.39 is 0 Å². The van der Waals surface area contributed by atoms with Crippen LogP contribution in [-0.4, -0.2) is 53.6 Å². The number of aryl methyl sites for hydroxylation is 1. The first kappa shape index (κ1) is 15.0. The first-order valence-corrected chi connectivity index (χ1v) is 7.41. The van der Waals surface area contributed by atoms with Crippen LogP contribution in [0.3, 0.4) is 0 Å². The number of nitrogens with zero attached hydrogens (tertiary/aromatic N) is 2. The van der Waals surface area contributed by atoms with Crippen molar-refractivity contribution >= 4 is 5.91 Å². The van der Waals surface area contributed by atoms with Crippen molar-refractivity contribution in [2.24, 2.45) is 0 Å². The summed E-state index contributed by atoms with van der Waals surface area (Å²) >= 11 is 0. The maximum atomic E-state index is 11.4. The molecule has 1 aliphatic heterocycles. The highest BCUT2D eigenvalue weighted by Crippen LogP contribution is 2.11. The first-order chi connectivity index (χ1) is 9.72. The molecule has 1 aromatic rings. The average Bonchev–Trinajstić information content (AvgIpc) is 2.49. The second-order valence-electron chi connectivity index (χ2n) is 5.38. The van der Waals surface area contributed by atoms with Crippen LogP contribution in [0, 0.1) is 0 Å². The summed E-state index contributed by atoms with van der Waals surface area (Å²) < 4.78 is 0. The highest BCUT2D eigenvalue weighted by Gasteiger charge is 2.20. The van der Waals surface area contributed by atoms with Crippen molar-refractivity contribution in [2.75, 3.05) is 32.8 Å². The molecule has 0 aliphatic carbocycles. The predicted octanol–water partition coefficient (Wildman–Crippen LogP) is 1.28. The molecule has 1 heterocycles. The molecule has 0 radical (unpaired) electrons. The summed E-state index contributed by atoms with van der Waals surface area (Å²) in [5, 5.41) is 8.85. The maximum absolute atomic E-state index is 11.4. The molecule has 1 aromatic carbocycles. The third-order valence-corrected chi connectivity index (χ3v) is 3.83. The molecule has 1 N–H and O–H groups in total. The summed E-state index contributed by atoms with van der Waals surface area (Å²) in [5.74, 6) is -0.159. The molecule has 4 nitrogen and oxygen atoms in total. The van der Waals surface area contributed by atoms with Crippen LogP contribution in [0.4, 0.5) is 0 Å². The van der Waals surface area contributed by atoms with E-state index in [4.69, 9.17) is 5.11 Å². The smallest absolute Gasteiger partial charge is 0.248 e. The highest BCUT2D eigenvalue weighted by atomic mass is 16.3. The zero-order valence-corrected chi connectivity index (χ0v) is 12.2. The second kappa shape index (κ2) is 7.41. The van der Waals surface area contributed by atoms with Crippen LogP contribution in [0.25, 0.3) is 0 Å². The summed E-state index contributed by atoms with van der Waals surface area (Å²) in [4.78, 5) is 15.5. The molecule has 0 atom stereocenters. The van der Waals surface area contributed by atoms with Gasteiger partial charge in [0.25, 0.3) is 0 Å². The molecule has 4 heteroatoms. The minimum absolute atomic E-state index is 0.159. The Morgan fingerprint density at radius 1 is 1.10 bits per heavy atom. The van der Waals surface area contributed by atoms with E-state index >= 15 is 0 Å². The molecule has 1 saturated heterocycles. The molecule has 1 amide bonds. The molecule has 110 valence electrons. The lowest BCUT2D eigenvalue weighted by Gasteiger charge is -2.34. The first-order valence-electron chi connectivity index (χ1n) is 7.41. The minimum atomic E-state index is -0.376. The second-order valence-corrected chi connectivity index (χ2v) is 5.38. The highest BCUT2D eigenvalue weighted by molar-refractivity contribution is 5.77. The lowest BCUT2D eigenvalue weighted by atomic mass is 10.1. The van der Waals surface area contributed by atoms with E-state index in [1.807, 2.05) is 0 Å².